The Balaban J connectivity index is 0.000000261. The molecule has 5 aliphatic rings. The third-order valence-corrected chi connectivity index (χ3v) is 14.6. The van der Waals surface area contributed by atoms with Crippen molar-refractivity contribution in [2.24, 2.45) is 46.2 Å². The van der Waals surface area contributed by atoms with Crippen molar-refractivity contribution >= 4 is 7.05 Å². The maximum absolute atomic E-state index is 5.86. The van der Waals surface area contributed by atoms with Crippen molar-refractivity contribution in [3.63, 3.8) is 0 Å². The van der Waals surface area contributed by atoms with Gasteiger partial charge in [-0.05, 0) is 106 Å². The molecule has 0 N–H and O–H groups in total. The van der Waals surface area contributed by atoms with Crippen molar-refractivity contribution in [2.75, 3.05) is 13.3 Å². The standard InChI is InChI=1S/C21H38NP.3C7H7.CH3.Zr/c1-13-14(2)16(4)20(15(13)3)23(5,6)22-21-10-17-7-18(11-21)9-19(8-17)12-21;3*1-7-5-3-2-4-6-7;;/h13-20H,7-12H2,1-6H3;3*2-6H,1H2;1H3;/q;4*-1;+4. The van der Waals surface area contributed by atoms with E-state index in [4.69, 9.17) is 4.74 Å². The van der Waals surface area contributed by atoms with Crippen LogP contribution in [0.15, 0.2) is 95.7 Å². The van der Waals surface area contributed by atoms with Crippen molar-refractivity contribution in [3.8, 4) is 0 Å². The van der Waals surface area contributed by atoms with Crippen molar-refractivity contribution in [3.05, 3.63) is 136 Å². The van der Waals surface area contributed by atoms with Crippen molar-refractivity contribution in [1.29, 1.82) is 0 Å². The smallest absolute Gasteiger partial charge is 0.358 e. The Bertz CT molecular complexity index is 1180. The van der Waals surface area contributed by atoms with Crippen LogP contribution >= 0.6 is 7.05 Å². The Morgan fingerprint density at radius 2 is 0.826 bits per heavy atom. The molecule has 0 spiro atoms. The molecule has 4 atom stereocenters. The number of benzene rings is 3. The first-order valence-corrected chi connectivity index (χ1v) is 19.8. The summed E-state index contributed by atoms with van der Waals surface area (Å²) in [6.45, 7) is 26.4. The van der Waals surface area contributed by atoms with Crippen LogP contribution in [0.5, 0.6) is 0 Å². The SMILES string of the molecule is CC1C(C)C(C)C(P(C)(C)=NC23CC4CC(CC(C4)C2)C3)C1C.[CH2-]c1ccccc1.[CH2-]c1ccccc1.[CH2-]c1ccccc1.[CH3-].[Zr+4]. The number of hydrogen-bond donors (Lipinski definition) is 0. The van der Waals surface area contributed by atoms with Crippen LogP contribution in [0.4, 0.5) is 0 Å². The van der Waals surface area contributed by atoms with Crippen LogP contribution in [0.25, 0.3) is 0 Å². The van der Waals surface area contributed by atoms with Gasteiger partial charge in [-0.2, -0.15) is 73.9 Å². The van der Waals surface area contributed by atoms with Gasteiger partial charge in [0.05, 0.1) is 5.54 Å². The van der Waals surface area contributed by atoms with Gasteiger partial charge in [-0.15, -0.1) is 36.4 Å². The van der Waals surface area contributed by atoms with Gasteiger partial charge in [0.2, 0.25) is 0 Å². The zero-order valence-corrected chi connectivity index (χ0v) is 33.4. The van der Waals surface area contributed by atoms with Crippen LogP contribution in [-0.4, -0.2) is 24.5 Å². The van der Waals surface area contributed by atoms with Crippen LogP contribution in [-0.2, 0) is 26.2 Å². The van der Waals surface area contributed by atoms with Gasteiger partial charge in [0, 0.05) is 0 Å². The van der Waals surface area contributed by atoms with Crippen LogP contribution in [0.2, 0.25) is 0 Å². The van der Waals surface area contributed by atoms with E-state index >= 15 is 0 Å². The van der Waals surface area contributed by atoms with Crippen molar-refractivity contribution in [2.45, 2.75) is 77.4 Å². The zero-order valence-electron chi connectivity index (χ0n) is 30.0. The molecule has 0 aliphatic heterocycles. The fourth-order valence-electron chi connectivity index (χ4n) is 9.44. The molecule has 3 aromatic carbocycles. The molecule has 4 bridgehead atoms. The molecule has 1 nitrogen and oxygen atoms in total. The minimum Gasteiger partial charge on any atom is -0.358 e. The maximum atomic E-state index is 5.86. The van der Waals surface area contributed by atoms with Gasteiger partial charge in [-0.1, -0.05) is 45.9 Å². The summed E-state index contributed by atoms with van der Waals surface area (Å²) < 4.78 is 5.86. The van der Waals surface area contributed by atoms with Crippen molar-refractivity contribution in [1.82, 2.24) is 0 Å². The molecule has 3 heteroatoms. The Kier molecular flexibility index (Phi) is 16.1. The van der Waals surface area contributed by atoms with Gasteiger partial charge in [0.25, 0.3) is 0 Å². The summed E-state index contributed by atoms with van der Waals surface area (Å²) in [5.41, 5.74) is 4.51. The molecule has 0 radical (unpaired) electrons. The molecule has 0 amide bonds. The van der Waals surface area contributed by atoms with E-state index in [0.29, 0.717) is 5.54 Å². The molecule has 248 valence electrons. The molecule has 5 aliphatic carbocycles. The quantitative estimate of drug-likeness (QED) is 0.185. The summed E-state index contributed by atoms with van der Waals surface area (Å²) >= 11 is 0. The Morgan fingerprint density at radius 1 is 0.543 bits per heavy atom. The summed E-state index contributed by atoms with van der Waals surface area (Å²) in [6, 6.07) is 29.6. The van der Waals surface area contributed by atoms with Crippen LogP contribution in [0.3, 0.4) is 0 Å². The molecule has 4 unspecified atom stereocenters. The molecule has 0 saturated heterocycles. The van der Waals surface area contributed by atoms with E-state index in [0.717, 1.165) is 63.8 Å². The summed E-state index contributed by atoms with van der Waals surface area (Å²) in [7, 11) is -1.20. The molecule has 3 aromatic rings. The molecule has 0 aromatic heterocycles. The summed E-state index contributed by atoms with van der Waals surface area (Å²) in [4.78, 5) is 0. The predicted molar refractivity (Wildman–Crippen MR) is 202 cm³/mol. The Hall–Kier alpha value is -1.62. The molecule has 8 rings (SSSR count). The number of nitrogens with zero attached hydrogens (tertiary/aromatic N) is 1. The van der Waals surface area contributed by atoms with Crippen LogP contribution < -0.4 is 0 Å². The Labute approximate surface area is 304 Å². The van der Waals surface area contributed by atoms with E-state index in [2.05, 4.69) is 61.8 Å². The van der Waals surface area contributed by atoms with E-state index in [1.165, 1.54) is 38.5 Å². The first-order valence-electron chi connectivity index (χ1n) is 17.1. The van der Waals surface area contributed by atoms with Gasteiger partial charge >= 0.3 is 26.2 Å². The van der Waals surface area contributed by atoms with Crippen LogP contribution in [0, 0.1) is 69.6 Å². The fraction of sp³-hybridized carbons (Fsp3) is 0.488. The Morgan fingerprint density at radius 3 is 1.07 bits per heavy atom. The first kappa shape index (κ1) is 40.6. The molecule has 5 fully saturated rings. The van der Waals surface area contributed by atoms with E-state index in [9.17, 15) is 0 Å². The predicted octanol–water partition coefficient (Wildman–Crippen LogP) is 12.4. The molecule has 0 heterocycles. The van der Waals surface area contributed by atoms with Gasteiger partial charge in [-0.3, -0.25) is 4.74 Å². The van der Waals surface area contributed by atoms with E-state index in [-0.39, 0.29) is 33.6 Å². The first-order chi connectivity index (χ1) is 20.9. The summed E-state index contributed by atoms with van der Waals surface area (Å²) in [5, 5.41) is 0. The van der Waals surface area contributed by atoms with Gasteiger partial charge in [0.1, 0.15) is 0 Å². The monoisotopic (exact) mass is 713 g/mol. The maximum Gasteiger partial charge on any atom is 4.00 e. The average molecular weight is 715 g/mol. The second kappa shape index (κ2) is 18.2. The number of hydrogen-bond acceptors (Lipinski definition) is 1. The normalized spacial score (nSPS) is 31.6. The van der Waals surface area contributed by atoms with E-state index < -0.39 is 7.05 Å². The average Bonchev–Trinajstić information content (AvgIpc) is 3.16. The summed E-state index contributed by atoms with van der Waals surface area (Å²) in [6.07, 6.45) is 8.96. The van der Waals surface area contributed by atoms with Gasteiger partial charge < -0.3 is 7.43 Å². The third kappa shape index (κ3) is 11.0. The topological polar surface area (TPSA) is 12.4 Å². The summed E-state index contributed by atoms with van der Waals surface area (Å²) in [5.74, 6) is 6.56. The largest absolute Gasteiger partial charge is 4.00 e. The van der Waals surface area contributed by atoms with Gasteiger partial charge in [-0.25, -0.2) is 0 Å². The minimum atomic E-state index is -1.20. The molecular weight excluding hydrogens is 653 g/mol. The van der Waals surface area contributed by atoms with E-state index in [1.807, 2.05) is 91.0 Å². The van der Waals surface area contributed by atoms with E-state index in [1.54, 1.807) is 0 Å². The zero-order chi connectivity index (χ0) is 31.9. The second-order valence-corrected chi connectivity index (χ2v) is 18.9. The third-order valence-electron chi connectivity index (χ3n) is 11.3. The van der Waals surface area contributed by atoms with Crippen molar-refractivity contribution < 1.29 is 26.2 Å². The fourth-order valence-corrected chi connectivity index (χ4v) is 13.8. The molecule has 5 saturated carbocycles. The number of rotatable bonds is 2. The minimum absolute atomic E-state index is 0. The molecular formula is C43H62NPZr. The second-order valence-electron chi connectivity index (χ2n) is 15.1. The molecule has 46 heavy (non-hydrogen) atoms. The van der Waals surface area contributed by atoms with Crippen LogP contribution in [0.1, 0.15) is 82.9 Å². The van der Waals surface area contributed by atoms with Gasteiger partial charge in [0.15, 0.2) is 0 Å².